The molecule has 2 aromatic carbocycles. The van der Waals surface area contributed by atoms with E-state index in [1.54, 1.807) is 6.92 Å². The highest BCUT2D eigenvalue weighted by Gasteiger charge is 2.11. The summed E-state index contributed by atoms with van der Waals surface area (Å²) in [6.45, 7) is 5.88. The molecule has 2 rings (SSSR count). The summed E-state index contributed by atoms with van der Waals surface area (Å²) < 4.78 is 0. The third kappa shape index (κ3) is 1.85. The predicted molar refractivity (Wildman–Crippen MR) is 68.0 cm³/mol. The van der Waals surface area contributed by atoms with Gasteiger partial charge in [-0.25, -0.2) is 0 Å². The fraction of sp³-hybridized carbons (Fsp3) is 0.267. The molecule has 0 atom stereocenters. The second kappa shape index (κ2) is 4.09. The zero-order valence-electron chi connectivity index (χ0n) is 9.95. The van der Waals surface area contributed by atoms with Crippen LogP contribution in [-0.4, -0.2) is 5.78 Å². The van der Waals surface area contributed by atoms with Crippen LogP contribution in [0.5, 0.6) is 0 Å². The van der Waals surface area contributed by atoms with Gasteiger partial charge in [0.25, 0.3) is 0 Å². The van der Waals surface area contributed by atoms with Gasteiger partial charge in [-0.2, -0.15) is 0 Å². The Labute approximate surface area is 96.1 Å². The topological polar surface area (TPSA) is 17.1 Å². The number of hydrogen-bond donors (Lipinski definition) is 0. The molecule has 0 saturated carbocycles. The number of benzene rings is 2. The maximum absolute atomic E-state index is 11.6. The molecule has 0 unspecified atom stereocenters. The summed E-state index contributed by atoms with van der Waals surface area (Å²) in [5.74, 6) is 0.526. The summed E-state index contributed by atoms with van der Waals surface area (Å²) in [6.07, 6.45) is 0. The number of fused-ring (bicyclic) bond motifs is 1. The standard InChI is InChI=1S/C15H16O/c1-10(2)14-8-12-6-4-5-7-13(12)9-15(14)11(3)16/h4-10H,1-3H3. The minimum absolute atomic E-state index is 0.148. The van der Waals surface area contributed by atoms with Crippen LogP contribution < -0.4 is 0 Å². The second-order valence-corrected chi connectivity index (χ2v) is 4.50. The number of hydrogen-bond acceptors (Lipinski definition) is 1. The van der Waals surface area contributed by atoms with Gasteiger partial charge in [0.15, 0.2) is 5.78 Å². The molecule has 0 spiro atoms. The summed E-state index contributed by atoms with van der Waals surface area (Å²) in [7, 11) is 0. The Balaban J connectivity index is 2.76. The number of ketones is 1. The molecule has 0 aliphatic heterocycles. The van der Waals surface area contributed by atoms with Crippen molar-refractivity contribution >= 4 is 16.6 Å². The van der Waals surface area contributed by atoms with Gasteiger partial charge in [-0.05, 0) is 35.2 Å². The van der Waals surface area contributed by atoms with Crippen LogP contribution in [-0.2, 0) is 0 Å². The smallest absolute Gasteiger partial charge is 0.160 e. The highest BCUT2D eigenvalue weighted by molar-refractivity contribution is 6.00. The van der Waals surface area contributed by atoms with Gasteiger partial charge in [-0.15, -0.1) is 0 Å². The summed E-state index contributed by atoms with van der Waals surface area (Å²) in [5.41, 5.74) is 2.00. The lowest BCUT2D eigenvalue weighted by molar-refractivity contribution is 0.101. The minimum Gasteiger partial charge on any atom is -0.295 e. The molecule has 0 N–H and O–H groups in total. The zero-order chi connectivity index (χ0) is 11.7. The van der Waals surface area contributed by atoms with E-state index in [9.17, 15) is 4.79 Å². The van der Waals surface area contributed by atoms with Crippen LogP contribution >= 0.6 is 0 Å². The van der Waals surface area contributed by atoms with Crippen LogP contribution in [0.4, 0.5) is 0 Å². The summed E-state index contributed by atoms with van der Waals surface area (Å²) in [4.78, 5) is 11.6. The number of Topliss-reactive ketones (excluding diaryl/α,β-unsaturated/α-hetero) is 1. The fourth-order valence-corrected chi connectivity index (χ4v) is 2.04. The van der Waals surface area contributed by atoms with E-state index < -0.39 is 0 Å². The monoisotopic (exact) mass is 212 g/mol. The van der Waals surface area contributed by atoms with Crippen molar-refractivity contribution in [2.75, 3.05) is 0 Å². The van der Waals surface area contributed by atoms with E-state index in [0.29, 0.717) is 5.92 Å². The van der Waals surface area contributed by atoms with Crippen molar-refractivity contribution in [1.82, 2.24) is 0 Å². The molecule has 0 aliphatic rings. The molecule has 0 aliphatic carbocycles. The van der Waals surface area contributed by atoms with E-state index in [-0.39, 0.29) is 5.78 Å². The van der Waals surface area contributed by atoms with Gasteiger partial charge in [-0.3, -0.25) is 4.79 Å². The van der Waals surface area contributed by atoms with Gasteiger partial charge >= 0.3 is 0 Å². The van der Waals surface area contributed by atoms with Gasteiger partial charge in [0.1, 0.15) is 0 Å². The predicted octanol–water partition coefficient (Wildman–Crippen LogP) is 4.17. The quantitative estimate of drug-likeness (QED) is 0.683. The normalized spacial score (nSPS) is 11.0. The fourth-order valence-electron chi connectivity index (χ4n) is 2.04. The van der Waals surface area contributed by atoms with Crippen molar-refractivity contribution < 1.29 is 4.79 Å². The van der Waals surface area contributed by atoms with E-state index in [2.05, 4.69) is 26.0 Å². The molecule has 82 valence electrons. The van der Waals surface area contributed by atoms with E-state index >= 15 is 0 Å². The molecule has 1 heteroatoms. The Hall–Kier alpha value is -1.63. The molecular formula is C15H16O. The molecule has 0 radical (unpaired) electrons. The Morgan fingerprint density at radius 2 is 1.62 bits per heavy atom. The van der Waals surface area contributed by atoms with Gasteiger partial charge in [0.2, 0.25) is 0 Å². The van der Waals surface area contributed by atoms with Crippen LogP contribution in [0.2, 0.25) is 0 Å². The SMILES string of the molecule is CC(=O)c1cc2ccccc2cc1C(C)C. The number of rotatable bonds is 2. The number of carbonyl (C=O) groups excluding carboxylic acids is 1. The Morgan fingerprint density at radius 3 is 2.12 bits per heavy atom. The summed E-state index contributed by atoms with van der Waals surface area (Å²) in [5, 5.41) is 2.34. The van der Waals surface area contributed by atoms with Crippen molar-refractivity contribution in [3.63, 3.8) is 0 Å². The highest BCUT2D eigenvalue weighted by atomic mass is 16.1. The molecule has 0 aromatic heterocycles. The van der Waals surface area contributed by atoms with Crippen molar-refractivity contribution in [2.45, 2.75) is 26.7 Å². The first kappa shape index (κ1) is 10.9. The first-order valence-corrected chi connectivity index (χ1v) is 5.63. The first-order chi connectivity index (χ1) is 7.59. The lowest BCUT2D eigenvalue weighted by Crippen LogP contribution is -2.01. The largest absolute Gasteiger partial charge is 0.295 e. The maximum Gasteiger partial charge on any atom is 0.160 e. The second-order valence-electron chi connectivity index (χ2n) is 4.50. The summed E-state index contributed by atoms with van der Waals surface area (Å²) in [6, 6.07) is 12.3. The van der Waals surface area contributed by atoms with Crippen molar-refractivity contribution in [3.8, 4) is 0 Å². The van der Waals surface area contributed by atoms with Crippen LogP contribution in [0.25, 0.3) is 10.8 Å². The average Bonchev–Trinajstić information content (AvgIpc) is 2.27. The average molecular weight is 212 g/mol. The van der Waals surface area contributed by atoms with Crippen molar-refractivity contribution in [2.24, 2.45) is 0 Å². The Kier molecular flexibility index (Phi) is 2.78. The molecule has 0 heterocycles. The molecule has 2 aromatic rings. The third-order valence-electron chi connectivity index (χ3n) is 2.92. The molecular weight excluding hydrogens is 196 g/mol. The molecule has 16 heavy (non-hydrogen) atoms. The van der Waals surface area contributed by atoms with E-state index in [4.69, 9.17) is 0 Å². The van der Waals surface area contributed by atoms with Crippen molar-refractivity contribution in [3.05, 3.63) is 47.5 Å². The van der Waals surface area contributed by atoms with Crippen LogP contribution in [0, 0.1) is 0 Å². The van der Waals surface area contributed by atoms with Gasteiger partial charge in [0, 0.05) is 5.56 Å². The molecule has 0 fully saturated rings. The molecule has 0 amide bonds. The van der Waals surface area contributed by atoms with Crippen LogP contribution in [0.3, 0.4) is 0 Å². The lowest BCUT2D eigenvalue weighted by Gasteiger charge is -2.12. The number of carbonyl (C=O) groups is 1. The van der Waals surface area contributed by atoms with Gasteiger partial charge < -0.3 is 0 Å². The van der Waals surface area contributed by atoms with E-state index in [1.807, 2.05) is 24.3 Å². The molecule has 1 nitrogen and oxygen atoms in total. The Bertz CT molecular complexity index is 538. The van der Waals surface area contributed by atoms with Gasteiger partial charge in [-0.1, -0.05) is 44.2 Å². The van der Waals surface area contributed by atoms with Crippen LogP contribution in [0.1, 0.15) is 42.6 Å². The Morgan fingerprint density at radius 1 is 1.06 bits per heavy atom. The molecule has 0 saturated heterocycles. The maximum atomic E-state index is 11.6. The first-order valence-electron chi connectivity index (χ1n) is 5.63. The lowest BCUT2D eigenvalue weighted by atomic mass is 9.92. The third-order valence-corrected chi connectivity index (χ3v) is 2.92. The molecule has 0 bridgehead atoms. The van der Waals surface area contributed by atoms with Gasteiger partial charge in [0.05, 0.1) is 0 Å². The van der Waals surface area contributed by atoms with Crippen LogP contribution in [0.15, 0.2) is 36.4 Å². The summed E-state index contributed by atoms with van der Waals surface area (Å²) >= 11 is 0. The highest BCUT2D eigenvalue weighted by Crippen LogP contribution is 2.26. The van der Waals surface area contributed by atoms with Crippen molar-refractivity contribution in [1.29, 1.82) is 0 Å². The van der Waals surface area contributed by atoms with E-state index in [0.717, 1.165) is 16.5 Å². The minimum atomic E-state index is 0.148. The van der Waals surface area contributed by atoms with E-state index in [1.165, 1.54) is 5.39 Å². The zero-order valence-corrected chi connectivity index (χ0v) is 9.95.